The fourth-order valence-corrected chi connectivity index (χ4v) is 6.81. The number of nitrogens with one attached hydrogen (secondary N) is 4. The van der Waals surface area contributed by atoms with E-state index in [1.54, 1.807) is 0 Å². The van der Waals surface area contributed by atoms with Crippen LogP contribution in [-0.2, 0) is 43.1 Å². The van der Waals surface area contributed by atoms with Gasteiger partial charge in [0.25, 0.3) is 0 Å². The van der Waals surface area contributed by atoms with Crippen LogP contribution in [0.15, 0.2) is 4.99 Å². The molecular formula is C27H46N8O13S2. The third kappa shape index (κ3) is 19.6. The molecule has 0 aromatic rings. The number of carboxylic acid groups (broad SMARTS) is 4. The lowest BCUT2D eigenvalue weighted by Crippen LogP contribution is -2.59. The minimum Gasteiger partial charge on any atom is -0.481 e. The van der Waals surface area contributed by atoms with Gasteiger partial charge in [-0.05, 0) is 18.8 Å². The van der Waals surface area contributed by atoms with Crippen molar-refractivity contribution in [1.82, 2.24) is 21.3 Å². The molecule has 0 rings (SSSR count). The van der Waals surface area contributed by atoms with Crippen LogP contribution < -0.4 is 38.5 Å². The molecule has 0 heterocycles. The van der Waals surface area contributed by atoms with Gasteiger partial charge in [0.05, 0.1) is 31.9 Å². The van der Waals surface area contributed by atoms with Crippen LogP contribution in [0.1, 0.15) is 46.0 Å². The van der Waals surface area contributed by atoms with Gasteiger partial charge in [-0.15, -0.1) is 0 Å². The molecule has 0 unspecified atom stereocenters. The van der Waals surface area contributed by atoms with Crippen molar-refractivity contribution in [3.05, 3.63) is 0 Å². The van der Waals surface area contributed by atoms with Crippen LogP contribution in [0, 0.1) is 5.92 Å². The molecule has 0 spiro atoms. The maximum Gasteiger partial charge on any atom is 0.327 e. The normalized spacial score (nSPS) is 14.5. The topological polar surface area (TPSA) is 365 Å². The standard InChI is InChI=1S/C27H46N8O13S2/c1-12(2)18(10-48-3)50-49-11-17(26(46)47)35-25(45)16(9-21(40)41)34-24(44)15(8-20(38)39)33-23(43)14(5-4-6-31-27(29)30)32-22(42)13(28)7-19(36)37/h12-18H,4-11,28H2,1-3H3,(H,32,42)(H,33,43)(H,34,44)(H,35,45)(H,36,37)(H,38,39)(H,40,41)(H,46,47)(H4,29,30,31)/t13-,14-,15-,16-,17-,18+/m0/s1. The summed E-state index contributed by atoms with van der Waals surface area (Å²) < 4.78 is 5.15. The third-order valence-corrected chi connectivity index (χ3v) is 9.54. The molecule has 0 saturated carbocycles. The van der Waals surface area contributed by atoms with Gasteiger partial charge in [-0.3, -0.25) is 38.6 Å². The number of carboxylic acids is 4. The highest BCUT2D eigenvalue weighted by Crippen LogP contribution is 2.32. The van der Waals surface area contributed by atoms with Crippen molar-refractivity contribution in [2.45, 2.75) is 81.4 Å². The first kappa shape index (κ1) is 45.6. The van der Waals surface area contributed by atoms with Crippen LogP contribution in [0.2, 0.25) is 0 Å². The number of nitrogens with zero attached hydrogens (tertiary/aromatic N) is 1. The number of methoxy groups -OCH3 is 1. The van der Waals surface area contributed by atoms with Crippen molar-refractivity contribution < 1.29 is 63.5 Å². The zero-order chi connectivity index (χ0) is 38.6. The predicted octanol–water partition coefficient (Wildman–Crippen LogP) is -3.13. The van der Waals surface area contributed by atoms with Crippen LogP contribution >= 0.6 is 21.6 Å². The number of hydrogen-bond acceptors (Lipinski definition) is 13. The lowest BCUT2D eigenvalue weighted by Gasteiger charge is -2.25. The molecule has 4 amide bonds. The van der Waals surface area contributed by atoms with Gasteiger partial charge in [0.15, 0.2) is 5.96 Å². The van der Waals surface area contributed by atoms with Crippen LogP contribution in [0.4, 0.5) is 0 Å². The fraction of sp³-hybridized carbons (Fsp3) is 0.667. The van der Waals surface area contributed by atoms with Gasteiger partial charge in [0, 0.05) is 24.7 Å². The first-order valence-electron chi connectivity index (χ1n) is 15.0. The summed E-state index contributed by atoms with van der Waals surface area (Å²) in [7, 11) is 3.97. The Balaban J connectivity index is 5.99. The quantitative estimate of drug-likeness (QED) is 0.0180. The molecule has 284 valence electrons. The SMILES string of the molecule is COC[C@@H](SSC[C@H](NC(=O)[C@H](CC(=O)O)NC(=O)[C@H](CC(=O)O)NC(=O)[C@H](CCCN=C(N)N)NC(=O)[C@@H](N)CC(=O)O)C(=O)O)C(C)C. The number of carbonyl (C=O) groups excluding carboxylic acids is 4. The molecule has 0 saturated heterocycles. The van der Waals surface area contributed by atoms with E-state index in [9.17, 15) is 53.7 Å². The van der Waals surface area contributed by atoms with Crippen LogP contribution in [-0.4, -0.2) is 135 Å². The lowest BCUT2D eigenvalue weighted by atomic mass is 10.1. The number of hydrogen-bond donors (Lipinski definition) is 11. The molecule has 0 aromatic heterocycles. The van der Waals surface area contributed by atoms with E-state index in [1.807, 2.05) is 19.2 Å². The second kappa shape index (κ2) is 23.9. The number of amides is 4. The molecule has 21 nitrogen and oxygen atoms in total. The fourth-order valence-electron chi connectivity index (χ4n) is 3.78. The Bertz CT molecular complexity index is 1240. The Labute approximate surface area is 295 Å². The van der Waals surface area contributed by atoms with E-state index in [1.165, 1.54) is 17.9 Å². The first-order chi connectivity index (χ1) is 23.3. The summed E-state index contributed by atoms with van der Waals surface area (Å²) in [6.07, 6.45) is -3.05. The van der Waals surface area contributed by atoms with Crippen LogP contribution in [0.5, 0.6) is 0 Å². The van der Waals surface area contributed by atoms with Gasteiger partial charge in [-0.25, -0.2) is 4.79 Å². The maximum absolute atomic E-state index is 13.2. The van der Waals surface area contributed by atoms with Gasteiger partial charge in [-0.1, -0.05) is 35.4 Å². The van der Waals surface area contributed by atoms with Crippen molar-refractivity contribution in [3.63, 3.8) is 0 Å². The van der Waals surface area contributed by atoms with E-state index in [0.29, 0.717) is 6.61 Å². The minimum atomic E-state index is -1.94. The van der Waals surface area contributed by atoms with Crippen molar-refractivity contribution in [1.29, 1.82) is 0 Å². The Kier molecular flexibility index (Phi) is 21.8. The number of rotatable bonds is 26. The molecule has 0 aromatic carbocycles. The Hall–Kier alpha value is -4.35. The molecule has 0 bridgehead atoms. The van der Waals surface area contributed by atoms with Gasteiger partial charge >= 0.3 is 23.9 Å². The number of aliphatic carboxylic acids is 4. The van der Waals surface area contributed by atoms with Crippen molar-refractivity contribution in [3.8, 4) is 0 Å². The van der Waals surface area contributed by atoms with E-state index < -0.39 is 97.0 Å². The molecule has 0 aliphatic rings. The minimum absolute atomic E-state index is 0.0109. The van der Waals surface area contributed by atoms with E-state index in [0.717, 1.165) is 10.8 Å². The number of guanidine groups is 1. The number of ether oxygens (including phenoxy) is 1. The van der Waals surface area contributed by atoms with E-state index in [-0.39, 0.29) is 42.3 Å². The van der Waals surface area contributed by atoms with Crippen molar-refractivity contribution in [2.24, 2.45) is 28.1 Å². The summed E-state index contributed by atoms with van der Waals surface area (Å²) >= 11 is 0. The van der Waals surface area contributed by atoms with Gasteiger partial charge in [0.1, 0.15) is 24.2 Å². The highest BCUT2D eigenvalue weighted by molar-refractivity contribution is 8.77. The van der Waals surface area contributed by atoms with E-state index >= 15 is 0 Å². The molecule has 0 aliphatic carbocycles. The van der Waals surface area contributed by atoms with Crippen LogP contribution in [0.3, 0.4) is 0 Å². The molecule has 0 aliphatic heterocycles. The summed E-state index contributed by atoms with van der Waals surface area (Å²) in [5, 5.41) is 45.9. The van der Waals surface area contributed by atoms with Gasteiger partial charge < -0.3 is 63.6 Å². The lowest BCUT2D eigenvalue weighted by molar-refractivity contribution is -0.144. The second-order valence-electron chi connectivity index (χ2n) is 11.1. The van der Waals surface area contributed by atoms with Crippen molar-refractivity contribution in [2.75, 3.05) is 26.0 Å². The molecule has 0 radical (unpaired) electrons. The van der Waals surface area contributed by atoms with E-state index in [2.05, 4.69) is 20.9 Å². The molecular weight excluding hydrogens is 708 g/mol. The molecule has 14 N–H and O–H groups in total. The number of aliphatic imine (C=N–C) groups is 1. The summed E-state index contributed by atoms with van der Waals surface area (Å²) in [5.41, 5.74) is 16.1. The van der Waals surface area contributed by atoms with Crippen molar-refractivity contribution >= 4 is 75.1 Å². The zero-order valence-corrected chi connectivity index (χ0v) is 29.3. The summed E-state index contributed by atoms with van der Waals surface area (Å²) in [6, 6.07) is -8.46. The molecule has 50 heavy (non-hydrogen) atoms. The average molecular weight is 755 g/mol. The Morgan fingerprint density at radius 2 is 1.18 bits per heavy atom. The summed E-state index contributed by atoms with van der Waals surface area (Å²) in [5.74, 6) is -11.0. The molecule has 0 fully saturated rings. The summed E-state index contributed by atoms with van der Waals surface area (Å²) in [4.78, 5) is 102. The zero-order valence-electron chi connectivity index (χ0n) is 27.7. The Morgan fingerprint density at radius 1 is 0.720 bits per heavy atom. The molecule has 6 atom stereocenters. The smallest absolute Gasteiger partial charge is 0.327 e. The van der Waals surface area contributed by atoms with Gasteiger partial charge in [-0.2, -0.15) is 0 Å². The number of carbonyl (C=O) groups is 8. The second-order valence-corrected chi connectivity index (χ2v) is 13.7. The average Bonchev–Trinajstić information content (AvgIpc) is 2.99. The molecule has 23 heteroatoms. The predicted molar refractivity (Wildman–Crippen MR) is 181 cm³/mol. The summed E-state index contributed by atoms with van der Waals surface area (Å²) in [6.45, 7) is 4.24. The Morgan fingerprint density at radius 3 is 1.60 bits per heavy atom. The third-order valence-electron chi connectivity index (χ3n) is 6.45. The highest BCUT2D eigenvalue weighted by atomic mass is 33.1. The van der Waals surface area contributed by atoms with Crippen LogP contribution in [0.25, 0.3) is 0 Å². The monoisotopic (exact) mass is 754 g/mol. The first-order valence-corrected chi connectivity index (χ1v) is 17.3. The van der Waals surface area contributed by atoms with E-state index in [4.69, 9.17) is 27.0 Å². The highest BCUT2D eigenvalue weighted by Gasteiger charge is 2.34. The maximum atomic E-state index is 13.2. The largest absolute Gasteiger partial charge is 0.481 e. The number of nitrogens with two attached hydrogens (primary N) is 3. The van der Waals surface area contributed by atoms with Gasteiger partial charge in [0.2, 0.25) is 23.6 Å².